The predicted octanol–water partition coefficient (Wildman–Crippen LogP) is 3.52. The Morgan fingerprint density at radius 3 is 2.32 bits per heavy atom. The summed E-state index contributed by atoms with van der Waals surface area (Å²) in [5.41, 5.74) is 0. The Bertz CT molecular complexity index is 256. The summed E-state index contributed by atoms with van der Waals surface area (Å²) in [5.74, 6) is 2.73. The first-order valence-electron chi connectivity index (χ1n) is 8.63. The molecule has 112 valence electrons. The lowest BCUT2D eigenvalue weighted by molar-refractivity contribution is 0.112. The highest BCUT2D eigenvalue weighted by Crippen LogP contribution is 2.34. The van der Waals surface area contributed by atoms with E-state index in [4.69, 9.17) is 0 Å². The number of hydrogen-bond acceptors (Lipinski definition) is 2. The zero-order valence-corrected chi connectivity index (χ0v) is 13.5. The highest BCUT2D eigenvalue weighted by Gasteiger charge is 2.38. The van der Waals surface area contributed by atoms with Crippen LogP contribution in [0.15, 0.2) is 0 Å². The van der Waals surface area contributed by atoms with E-state index in [2.05, 4.69) is 37.9 Å². The van der Waals surface area contributed by atoms with Gasteiger partial charge in [-0.3, -0.25) is 4.90 Å². The summed E-state index contributed by atoms with van der Waals surface area (Å²) in [5, 5.41) is 3.83. The van der Waals surface area contributed by atoms with Crippen molar-refractivity contribution in [3.05, 3.63) is 0 Å². The minimum absolute atomic E-state index is 0.750. The molecular weight excluding hydrogens is 232 g/mol. The van der Waals surface area contributed by atoms with E-state index in [0.29, 0.717) is 0 Å². The van der Waals surface area contributed by atoms with Crippen molar-refractivity contribution in [1.82, 2.24) is 10.2 Å². The molecule has 1 heterocycles. The molecule has 1 aliphatic carbocycles. The number of hydrogen-bond donors (Lipinski definition) is 1. The molecule has 0 aromatic rings. The largest absolute Gasteiger partial charge is 0.312 e. The van der Waals surface area contributed by atoms with Gasteiger partial charge in [0.15, 0.2) is 0 Å². The van der Waals surface area contributed by atoms with Gasteiger partial charge in [0.1, 0.15) is 0 Å². The quantitative estimate of drug-likeness (QED) is 0.819. The van der Waals surface area contributed by atoms with E-state index in [9.17, 15) is 0 Å². The molecule has 5 atom stereocenters. The van der Waals surface area contributed by atoms with E-state index in [1.54, 1.807) is 0 Å². The van der Waals surface area contributed by atoms with Crippen LogP contribution in [-0.4, -0.2) is 36.6 Å². The molecule has 2 nitrogen and oxygen atoms in total. The Hall–Kier alpha value is -0.0800. The Morgan fingerprint density at radius 2 is 1.74 bits per heavy atom. The van der Waals surface area contributed by atoms with Crippen molar-refractivity contribution in [1.29, 1.82) is 0 Å². The average molecular weight is 266 g/mol. The minimum Gasteiger partial charge on any atom is -0.312 e. The molecule has 1 saturated heterocycles. The van der Waals surface area contributed by atoms with Gasteiger partial charge in [0.25, 0.3) is 0 Å². The highest BCUT2D eigenvalue weighted by molar-refractivity contribution is 4.94. The van der Waals surface area contributed by atoms with Crippen LogP contribution in [0.5, 0.6) is 0 Å². The topological polar surface area (TPSA) is 15.3 Å². The van der Waals surface area contributed by atoms with Crippen molar-refractivity contribution in [3.63, 3.8) is 0 Å². The first-order valence-corrected chi connectivity index (χ1v) is 8.63. The molecule has 0 radical (unpaired) electrons. The van der Waals surface area contributed by atoms with E-state index < -0.39 is 0 Å². The molecule has 2 fully saturated rings. The van der Waals surface area contributed by atoms with Gasteiger partial charge in [0.2, 0.25) is 0 Å². The maximum absolute atomic E-state index is 3.83. The van der Waals surface area contributed by atoms with Gasteiger partial charge >= 0.3 is 0 Å². The smallest absolute Gasteiger partial charge is 0.0252 e. The van der Waals surface area contributed by atoms with Gasteiger partial charge in [-0.05, 0) is 50.0 Å². The van der Waals surface area contributed by atoms with Crippen LogP contribution in [0, 0.1) is 17.8 Å². The van der Waals surface area contributed by atoms with Gasteiger partial charge in [-0.15, -0.1) is 0 Å². The maximum Gasteiger partial charge on any atom is 0.0252 e. The number of nitrogens with one attached hydrogen (secondary N) is 1. The average Bonchev–Trinajstić information content (AvgIpc) is 2.76. The summed E-state index contributed by atoms with van der Waals surface area (Å²) >= 11 is 0. The Labute approximate surface area is 120 Å². The lowest BCUT2D eigenvalue weighted by atomic mass is 9.80. The van der Waals surface area contributed by atoms with Crippen molar-refractivity contribution in [2.75, 3.05) is 19.6 Å². The molecule has 0 spiro atoms. The molecular formula is C17H34N2. The molecule has 2 rings (SSSR count). The summed E-state index contributed by atoms with van der Waals surface area (Å²) < 4.78 is 0. The van der Waals surface area contributed by atoms with E-state index in [1.807, 2.05) is 0 Å². The minimum atomic E-state index is 0.750. The molecule has 0 amide bonds. The predicted molar refractivity (Wildman–Crippen MR) is 83.4 cm³/mol. The lowest BCUT2D eigenvalue weighted by Crippen LogP contribution is -2.52. The lowest BCUT2D eigenvalue weighted by Gasteiger charge is -2.42. The molecule has 0 bridgehead atoms. The standard InChI is InChI=1S/C17H34N2/c1-5-9-18-16-8-7-15(6-2)10-17(16)19-11-13(3)14(4)12-19/h13-18H,5-12H2,1-4H3. The number of nitrogens with zero attached hydrogens (tertiary/aromatic N) is 1. The fourth-order valence-corrected chi connectivity index (χ4v) is 4.02. The summed E-state index contributed by atoms with van der Waals surface area (Å²) in [6.45, 7) is 13.4. The molecule has 0 aromatic carbocycles. The van der Waals surface area contributed by atoms with Crippen LogP contribution < -0.4 is 5.32 Å². The monoisotopic (exact) mass is 266 g/mol. The van der Waals surface area contributed by atoms with E-state index in [0.717, 1.165) is 29.8 Å². The third-order valence-electron chi connectivity index (χ3n) is 5.64. The molecule has 19 heavy (non-hydrogen) atoms. The van der Waals surface area contributed by atoms with Gasteiger partial charge in [-0.25, -0.2) is 0 Å². The summed E-state index contributed by atoms with van der Waals surface area (Å²) in [7, 11) is 0. The summed E-state index contributed by atoms with van der Waals surface area (Å²) in [4.78, 5) is 2.81. The molecule has 2 heteroatoms. The Morgan fingerprint density at radius 1 is 1.05 bits per heavy atom. The fraction of sp³-hybridized carbons (Fsp3) is 1.00. The second kappa shape index (κ2) is 7.08. The van der Waals surface area contributed by atoms with Crippen molar-refractivity contribution in [2.45, 2.75) is 71.9 Å². The maximum atomic E-state index is 3.83. The second-order valence-corrected chi connectivity index (χ2v) is 7.12. The number of rotatable bonds is 5. The highest BCUT2D eigenvalue weighted by atomic mass is 15.2. The van der Waals surface area contributed by atoms with E-state index >= 15 is 0 Å². The van der Waals surface area contributed by atoms with Gasteiger partial charge in [-0.2, -0.15) is 0 Å². The molecule has 1 aliphatic heterocycles. The second-order valence-electron chi connectivity index (χ2n) is 7.12. The Balaban J connectivity index is 1.98. The first kappa shape index (κ1) is 15.3. The van der Waals surface area contributed by atoms with Crippen LogP contribution >= 0.6 is 0 Å². The van der Waals surface area contributed by atoms with Crippen molar-refractivity contribution in [3.8, 4) is 0 Å². The molecule has 0 aromatic heterocycles. The number of likely N-dealkylation sites (tertiary alicyclic amines) is 1. The van der Waals surface area contributed by atoms with Crippen molar-refractivity contribution in [2.24, 2.45) is 17.8 Å². The third-order valence-corrected chi connectivity index (χ3v) is 5.64. The Kier molecular flexibility index (Phi) is 5.70. The first-order chi connectivity index (χ1) is 9.15. The van der Waals surface area contributed by atoms with E-state index in [-0.39, 0.29) is 0 Å². The van der Waals surface area contributed by atoms with Crippen LogP contribution in [0.2, 0.25) is 0 Å². The molecule has 1 saturated carbocycles. The molecule has 1 N–H and O–H groups in total. The van der Waals surface area contributed by atoms with Gasteiger partial charge in [0.05, 0.1) is 0 Å². The van der Waals surface area contributed by atoms with Gasteiger partial charge in [-0.1, -0.05) is 34.1 Å². The summed E-state index contributed by atoms with van der Waals surface area (Å²) in [6, 6.07) is 1.55. The fourth-order valence-electron chi connectivity index (χ4n) is 4.02. The van der Waals surface area contributed by atoms with E-state index in [1.165, 1.54) is 51.7 Å². The van der Waals surface area contributed by atoms with Gasteiger partial charge < -0.3 is 5.32 Å². The zero-order valence-electron chi connectivity index (χ0n) is 13.5. The van der Waals surface area contributed by atoms with Crippen LogP contribution in [0.25, 0.3) is 0 Å². The SMILES string of the molecule is CCCNC1CCC(CC)CC1N1CC(C)C(C)C1. The van der Waals surface area contributed by atoms with Crippen LogP contribution in [0.4, 0.5) is 0 Å². The zero-order chi connectivity index (χ0) is 13.8. The van der Waals surface area contributed by atoms with Crippen LogP contribution in [0.3, 0.4) is 0 Å². The van der Waals surface area contributed by atoms with Crippen molar-refractivity contribution < 1.29 is 0 Å². The molecule has 5 unspecified atom stereocenters. The van der Waals surface area contributed by atoms with Crippen LogP contribution in [0.1, 0.15) is 59.8 Å². The molecule has 2 aliphatic rings. The summed E-state index contributed by atoms with van der Waals surface area (Å²) in [6.07, 6.45) is 6.89. The third kappa shape index (κ3) is 3.72. The van der Waals surface area contributed by atoms with Crippen molar-refractivity contribution >= 4 is 0 Å². The normalized spacial score (nSPS) is 40.7. The van der Waals surface area contributed by atoms with Gasteiger partial charge in [0, 0.05) is 25.2 Å². The van der Waals surface area contributed by atoms with Crippen LogP contribution in [-0.2, 0) is 0 Å².